The summed E-state index contributed by atoms with van der Waals surface area (Å²) in [6, 6.07) is 9.02. The zero-order valence-electron chi connectivity index (χ0n) is 11.4. The number of hydrogen-bond donors (Lipinski definition) is 1. The zero-order valence-corrected chi connectivity index (χ0v) is 11.4. The fourth-order valence-electron chi connectivity index (χ4n) is 2.66. The molecule has 0 bridgehead atoms. The Kier molecular flexibility index (Phi) is 4.56. The molecule has 20 heavy (non-hydrogen) atoms. The Morgan fingerprint density at radius 1 is 1.40 bits per heavy atom. The van der Waals surface area contributed by atoms with E-state index in [2.05, 4.69) is 6.58 Å². The van der Waals surface area contributed by atoms with Crippen molar-refractivity contribution >= 4 is 11.9 Å². The molecular formula is C16H19NO3. The fraction of sp³-hybridized carbons (Fsp3) is 0.375. The van der Waals surface area contributed by atoms with Crippen LogP contribution in [0.3, 0.4) is 0 Å². The summed E-state index contributed by atoms with van der Waals surface area (Å²) in [5.41, 5.74) is 1.03. The number of likely N-dealkylation sites (tertiary alicyclic amines) is 1. The van der Waals surface area contributed by atoms with E-state index in [9.17, 15) is 9.59 Å². The first-order chi connectivity index (χ1) is 9.63. The molecule has 1 aliphatic rings. The second-order valence-corrected chi connectivity index (χ2v) is 5.04. The summed E-state index contributed by atoms with van der Waals surface area (Å²) in [4.78, 5) is 24.9. The third-order valence-electron chi connectivity index (χ3n) is 3.76. The van der Waals surface area contributed by atoms with Crippen LogP contribution in [0.25, 0.3) is 0 Å². The standard InChI is InChI=1S/C16H19NO3/c1-2-12(13-7-4-3-5-8-13)11-15(18)17-10-6-9-14(17)16(19)20/h2-5,7-8,12,14H,1,6,9-11H2,(H,19,20). The van der Waals surface area contributed by atoms with Crippen molar-refractivity contribution in [3.63, 3.8) is 0 Å². The van der Waals surface area contributed by atoms with Gasteiger partial charge in [0.2, 0.25) is 5.91 Å². The molecule has 0 radical (unpaired) electrons. The highest BCUT2D eigenvalue weighted by Gasteiger charge is 2.34. The van der Waals surface area contributed by atoms with E-state index in [0.717, 1.165) is 12.0 Å². The minimum Gasteiger partial charge on any atom is -0.480 e. The molecule has 0 aromatic heterocycles. The van der Waals surface area contributed by atoms with Gasteiger partial charge in [-0.15, -0.1) is 6.58 Å². The van der Waals surface area contributed by atoms with Gasteiger partial charge in [0.05, 0.1) is 0 Å². The van der Waals surface area contributed by atoms with Crippen molar-refractivity contribution in [3.8, 4) is 0 Å². The Bertz CT molecular complexity index is 498. The lowest BCUT2D eigenvalue weighted by Gasteiger charge is -2.23. The van der Waals surface area contributed by atoms with Crippen LogP contribution in [0.5, 0.6) is 0 Å². The summed E-state index contributed by atoms with van der Waals surface area (Å²) < 4.78 is 0. The molecule has 106 valence electrons. The Labute approximate surface area is 118 Å². The van der Waals surface area contributed by atoms with Crippen LogP contribution in [-0.2, 0) is 9.59 Å². The van der Waals surface area contributed by atoms with Crippen LogP contribution < -0.4 is 0 Å². The third-order valence-corrected chi connectivity index (χ3v) is 3.76. The number of allylic oxidation sites excluding steroid dienone is 1. The van der Waals surface area contributed by atoms with E-state index < -0.39 is 12.0 Å². The Balaban J connectivity index is 2.06. The van der Waals surface area contributed by atoms with Crippen molar-refractivity contribution in [1.29, 1.82) is 0 Å². The molecule has 2 rings (SSSR count). The van der Waals surface area contributed by atoms with E-state index in [1.54, 1.807) is 6.08 Å². The summed E-state index contributed by atoms with van der Waals surface area (Å²) in [6.45, 7) is 4.32. The van der Waals surface area contributed by atoms with E-state index in [1.807, 2.05) is 30.3 Å². The van der Waals surface area contributed by atoms with E-state index in [4.69, 9.17) is 5.11 Å². The van der Waals surface area contributed by atoms with Crippen LogP contribution in [-0.4, -0.2) is 34.5 Å². The quantitative estimate of drug-likeness (QED) is 0.838. The lowest BCUT2D eigenvalue weighted by Crippen LogP contribution is -2.40. The minimum absolute atomic E-state index is 0.0706. The van der Waals surface area contributed by atoms with Crippen molar-refractivity contribution < 1.29 is 14.7 Å². The first-order valence-electron chi connectivity index (χ1n) is 6.83. The maximum absolute atomic E-state index is 12.3. The Morgan fingerprint density at radius 2 is 2.10 bits per heavy atom. The number of benzene rings is 1. The van der Waals surface area contributed by atoms with Gasteiger partial charge in [-0.2, -0.15) is 0 Å². The number of carbonyl (C=O) groups excluding carboxylic acids is 1. The van der Waals surface area contributed by atoms with Gasteiger partial charge in [0.15, 0.2) is 0 Å². The van der Waals surface area contributed by atoms with Crippen molar-refractivity contribution in [3.05, 3.63) is 48.6 Å². The molecular weight excluding hydrogens is 254 g/mol. The molecule has 1 aromatic carbocycles. The summed E-state index contributed by atoms with van der Waals surface area (Å²) >= 11 is 0. The number of carboxylic acids is 1. The van der Waals surface area contributed by atoms with E-state index in [1.165, 1.54) is 4.90 Å². The van der Waals surface area contributed by atoms with Gasteiger partial charge in [-0.1, -0.05) is 36.4 Å². The normalized spacial score (nSPS) is 19.6. The lowest BCUT2D eigenvalue weighted by molar-refractivity contribution is -0.148. The number of carboxylic acid groups (broad SMARTS) is 1. The number of aliphatic carboxylic acids is 1. The van der Waals surface area contributed by atoms with Crippen LogP contribution in [0.1, 0.15) is 30.7 Å². The molecule has 4 nitrogen and oxygen atoms in total. The summed E-state index contributed by atoms with van der Waals surface area (Å²) in [6.07, 6.45) is 3.33. The van der Waals surface area contributed by atoms with E-state index in [0.29, 0.717) is 13.0 Å². The average molecular weight is 273 g/mol. The van der Waals surface area contributed by atoms with Crippen molar-refractivity contribution in [1.82, 2.24) is 4.90 Å². The van der Waals surface area contributed by atoms with Crippen LogP contribution in [0.15, 0.2) is 43.0 Å². The first kappa shape index (κ1) is 14.3. The molecule has 1 heterocycles. The molecule has 2 atom stereocenters. The van der Waals surface area contributed by atoms with Crippen molar-refractivity contribution in [2.75, 3.05) is 6.54 Å². The maximum atomic E-state index is 12.3. The molecule has 1 aromatic rings. The van der Waals surface area contributed by atoms with Crippen LogP contribution in [0.4, 0.5) is 0 Å². The van der Waals surface area contributed by atoms with E-state index >= 15 is 0 Å². The molecule has 1 saturated heterocycles. The van der Waals surface area contributed by atoms with Gasteiger partial charge in [-0.3, -0.25) is 4.79 Å². The topological polar surface area (TPSA) is 57.6 Å². The monoisotopic (exact) mass is 273 g/mol. The molecule has 0 aliphatic carbocycles. The Hall–Kier alpha value is -2.10. The van der Waals surface area contributed by atoms with Gasteiger partial charge >= 0.3 is 5.97 Å². The zero-order chi connectivity index (χ0) is 14.5. The van der Waals surface area contributed by atoms with Gasteiger partial charge in [0, 0.05) is 18.9 Å². The molecule has 1 fully saturated rings. The predicted molar refractivity (Wildman–Crippen MR) is 76.4 cm³/mol. The summed E-state index contributed by atoms with van der Waals surface area (Å²) in [5, 5.41) is 9.13. The highest BCUT2D eigenvalue weighted by atomic mass is 16.4. The van der Waals surface area contributed by atoms with Crippen LogP contribution in [0, 0.1) is 0 Å². The van der Waals surface area contributed by atoms with Crippen molar-refractivity contribution in [2.24, 2.45) is 0 Å². The summed E-state index contributed by atoms with van der Waals surface area (Å²) in [5.74, 6) is -1.09. The first-order valence-corrected chi connectivity index (χ1v) is 6.83. The average Bonchev–Trinajstić information content (AvgIpc) is 2.95. The second-order valence-electron chi connectivity index (χ2n) is 5.04. The van der Waals surface area contributed by atoms with Gasteiger partial charge < -0.3 is 10.0 Å². The number of hydrogen-bond acceptors (Lipinski definition) is 2. The highest BCUT2D eigenvalue weighted by Crippen LogP contribution is 2.25. The lowest BCUT2D eigenvalue weighted by atomic mass is 9.95. The molecule has 4 heteroatoms. The molecule has 1 N–H and O–H groups in total. The molecule has 0 saturated carbocycles. The summed E-state index contributed by atoms with van der Waals surface area (Å²) in [7, 11) is 0. The predicted octanol–water partition coefficient (Wildman–Crippen LogP) is 2.42. The van der Waals surface area contributed by atoms with Crippen LogP contribution >= 0.6 is 0 Å². The number of rotatable bonds is 5. The number of amides is 1. The molecule has 1 aliphatic heterocycles. The van der Waals surface area contributed by atoms with Gasteiger partial charge in [-0.25, -0.2) is 4.79 Å². The van der Waals surface area contributed by atoms with Crippen LogP contribution in [0.2, 0.25) is 0 Å². The van der Waals surface area contributed by atoms with Gasteiger partial charge in [-0.05, 0) is 18.4 Å². The number of carbonyl (C=O) groups is 2. The molecule has 1 amide bonds. The molecule has 2 unspecified atom stereocenters. The number of nitrogens with zero attached hydrogens (tertiary/aromatic N) is 1. The third kappa shape index (κ3) is 3.07. The molecule has 0 spiro atoms. The fourth-order valence-corrected chi connectivity index (χ4v) is 2.66. The smallest absolute Gasteiger partial charge is 0.326 e. The largest absolute Gasteiger partial charge is 0.480 e. The maximum Gasteiger partial charge on any atom is 0.326 e. The van der Waals surface area contributed by atoms with Crippen molar-refractivity contribution in [2.45, 2.75) is 31.2 Å². The minimum atomic E-state index is -0.911. The van der Waals surface area contributed by atoms with E-state index in [-0.39, 0.29) is 18.2 Å². The van der Waals surface area contributed by atoms with Gasteiger partial charge in [0.25, 0.3) is 0 Å². The second kappa shape index (κ2) is 6.37. The Morgan fingerprint density at radius 3 is 2.70 bits per heavy atom. The SMILES string of the molecule is C=CC(CC(=O)N1CCCC1C(=O)O)c1ccccc1. The highest BCUT2D eigenvalue weighted by molar-refractivity contribution is 5.84. The van der Waals surface area contributed by atoms with Gasteiger partial charge in [0.1, 0.15) is 6.04 Å².